The van der Waals surface area contributed by atoms with Crippen molar-refractivity contribution < 1.29 is 27.8 Å². The molecule has 1 fully saturated rings. The van der Waals surface area contributed by atoms with Gasteiger partial charge in [0.25, 0.3) is 0 Å². The van der Waals surface area contributed by atoms with E-state index in [2.05, 4.69) is 4.74 Å². The third-order valence-electron chi connectivity index (χ3n) is 4.99. The van der Waals surface area contributed by atoms with Crippen LogP contribution in [0.15, 0.2) is 42.5 Å². The fourth-order valence-corrected chi connectivity index (χ4v) is 4.45. The van der Waals surface area contributed by atoms with Crippen molar-refractivity contribution >= 4 is 28.3 Å². The van der Waals surface area contributed by atoms with Crippen LogP contribution < -0.4 is 4.90 Å². The highest BCUT2D eigenvalue weighted by molar-refractivity contribution is 8.24. The average Bonchev–Trinajstić information content (AvgIpc) is 2.72. The number of benzene rings is 2. The molecule has 2 aromatic carbocycles. The standard InChI is InChI=1S/C21H25FN2O5S/c1-15-3-8-19(18(22)13-15)24(21(26)23-9-11-30(27,28)12-10-23)14-16-4-6-17(7-5-16)20(25)29-2/h3-8,13,27-28H,9-12,14H2,1-2H3. The smallest absolute Gasteiger partial charge is 0.337 e. The van der Waals surface area contributed by atoms with Gasteiger partial charge in [-0.1, -0.05) is 18.2 Å². The van der Waals surface area contributed by atoms with E-state index in [4.69, 9.17) is 0 Å². The number of esters is 1. The highest BCUT2D eigenvalue weighted by Gasteiger charge is 2.30. The normalized spacial score (nSPS) is 16.6. The van der Waals surface area contributed by atoms with Gasteiger partial charge in [0.15, 0.2) is 0 Å². The van der Waals surface area contributed by atoms with Crippen LogP contribution in [-0.2, 0) is 11.3 Å². The number of urea groups is 1. The van der Waals surface area contributed by atoms with Crippen LogP contribution in [-0.4, -0.2) is 57.7 Å². The molecule has 1 aliphatic rings. The zero-order valence-corrected chi connectivity index (χ0v) is 17.7. The van der Waals surface area contributed by atoms with Crippen LogP contribution in [0.5, 0.6) is 0 Å². The predicted molar refractivity (Wildman–Crippen MR) is 115 cm³/mol. The van der Waals surface area contributed by atoms with E-state index >= 15 is 0 Å². The molecule has 0 spiro atoms. The Bertz CT molecular complexity index is 925. The van der Waals surface area contributed by atoms with Crippen molar-refractivity contribution in [2.75, 3.05) is 36.6 Å². The summed E-state index contributed by atoms with van der Waals surface area (Å²) in [5.41, 5.74) is 1.96. The number of methoxy groups -OCH3 is 1. The molecule has 9 heteroatoms. The number of rotatable bonds is 4. The molecule has 0 bridgehead atoms. The first-order valence-electron chi connectivity index (χ1n) is 9.43. The molecular weight excluding hydrogens is 411 g/mol. The fourth-order valence-electron chi connectivity index (χ4n) is 3.22. The van der Waals surface area contributed by atoms with Crippen molar-refractivity contribution in [1.82, 2.24) is 4.90 Å². The number of hydrogen-bond acceptors (Lipinski definition) is 5. The van der Waals surface area contributed by atoms with Gasteiger partial charge in [0.2, 0.25) is 0 Å². The van der Waals surface area contributed by atoms with Crippen molar-refractivity contribution in [2.24, 2.45) is 0 Å². The maximum atomic E-state index is 14.7. The number of anilines is 1. The largest absolute Gasteiger partial charge is 0.465 e. The van der Waals surface area contributed by atoms with Crippen LogP contribution in [0.4, 0.5) is 14.9 Å². The van der Waals surface area contributed by atoms with Gasteiger partial charge in [-0.05, 0) is 42.3 Å². The van der Waals surface area contributed by atoms with Gasteiger partial charge in [-0.2, -0.15) is 10.6 Å². The molecular formula is C21H25FN2O5S. The topological polar surface area (TPSA) is 90.3 Å². The number of ether oxygens (including phenoxy) is 1. The summed E-state index contributed by atoms with van der Waals surface area (Å²) in [5, 5.41) is 0. The zero-order valence-electron chi connectivity index (χ0n) is 16.9. The second-order valence-electron chi connectivity index (χ2n) is 7.21. The molecule has 1 aliphatic heterocycles. The minimum Gasteiger partial charge on any atom is -0.465 e. The first-order valence-corrected chi connectivity index (χ1v) is 11.3. The SMILES string of the molecule is COC(=O)c1ccc(CN(C(=O)N2CCS(O)(O)CC2)c2ccc(C)cc2F)cc1. The lowest BCUT2D eigenvalue weighted by Crippen LogP contribution is -2.49. The molecule has 2 amide bonds. The molecule has 0 aromatic heterocycles. The monoisotopic (exact) mass is 436 g/mol. The molecule has 30 heavy (non-hydrogen) atoms. The highest BCUT2D eigenvalue weighted by atomic mass is 32.3. The molecule has 1 heterocycles. The van der Waals surface area contributed by atoms with Crippen LogP contribution >= 0.6 is 10.6 Å². The van der Waals surface area contributed by atoms with Crippen LogP contribution in [0.1, 0.15) is 21.5 Å². The molecule has 0 atom stereocenters. The number of hydrogen-bond donors (Lipinski definition) is 2. The van der Waals surface area contributed by atoms with Gasteiger partial charge in [-0.3, -0.25) is 14.0 Å². The number of aryl methyl sites for hydroxylation is 1. The van der Waals surface area contributed by atoms with Crippen LogP contribution in [0, 0.1) is 12.7 Å². The molecule has 0 saturated carbocycles. The molecule has 7 nitrogen and oxygen atoms in total. The maximum Gasteiger partial charge on any atom is 0.337 e. The third-order valence-corrected chi connectivity index (χ3v) is 6.66. The van der Waals surface area contributed by atoms with Gasteiger partial charge in [0, 0.05) is 13.1 Å². The van der Waals surface area contributed by atoms with Gasteiger partial charge in [-0.25, -0.2) is 14.0 Å². The van der Waals surface area contributed by atoms with Crippen molar-refractivity contribution in [3.8, 4) is 0 Å². The number of amides is 2. The molecule has 2 aromatic rings. The summed E-state index contributed by atoms with van der Waals surface area (Å²) in [4.78, 5) is 27.7. The fraction of sp³-hybridized carbons (Fsp3) is 0.333. The molecule has 0 aliphatic carbocycles. The summed E-state index contributed by atoms with van der Waals surface area (Å²) < 4.78 is 39.0. The van der Waals surface area contributed by atoms with Crippen LogP contribution in [0.25, 0.3) is 0 Å². The minimum atomic E-state index is -2.66. The van der Waals surface area contributed by atoms with E-state index in [1.165, 1.54) is 23.0 Å². The van der Waals surface area contributed by atoms with E-state index in [1.54, 1.807) is 43.3 Å². The maximum absolute atomic E-state index is 14.7. The Morgan fingerprint density at radius 1 is 1.13 bits per heavy atom. The van der Waals surface area contributed by atoms with E-state index in [0.29, 0.717) is 11.1 Å². The Hall–Kier alpha value is -2.62. The Morgan fingerprint density at radius 2 is 1.77 bits per heavy atom. The lowest BCUT2D eigenvalue weighted by Gasteiger charge is -2.42. The Kier molecular flexibility index (Phi) is 6.64. The summed E-state index contributed by atoms with van der Waals surface area (Å²) >= 11 is 0. The van der Waals surface area contributed by atoms with E-state index in [1.807, 2.05) is 0 Å². The van der Waals surface area contributed by atoms with Gasteiger partial charge in [-0.15, -0.1) is 0 Å². The van der Waals surface area contributed by atoms with Crippen molar-refractivity contribution in [3.63, 3.8) is 0 Å². The Balaban J connectivity index is 1.88. The van der Waals surface area contributed by atoms with Gasteiger partial charge in [0.1, 0.15) is 5.82 Å². The number of nitrogens with zero attached hydrogens (tertiary/aromatic N) is 2. The summed E-state index contributed by atoms with van der Waals surface area (Å²) in [6, 6.07) is 10.8. The lowest BCUT2D eigenvalue weighted by molar-refractivity contribution is 0.0600. The second kappa shape index (κ2) is 9.03. The third kappa shape index (κ3) is 5.10. The van der Waals surface area contributed by atoms with Gasteiger partial charge in [0.05, 0.1) is 36.4 Å². The lowest BCUT2D eigenvalue weighted by atomic mass is 10.1. The Morgan fingerprint density at radius 3 is 2.33 bits per heavy atom. The average molecular weight is 437 g/mol. The van der Waals surface area contributed by atoms with E-state index in [9.17, 15) is 23.1 Å². The summed E-state index contributed by atoms with van der Waals surface area (Å²) in [7, 11) is -1.36. The molecule has 162 valence electrons. The highest BCUT2D eigenvalue weighted by Crippen LogP contribution is 2.40. The molecule has 0 radical (unpaired) electrons. The van der Waals surface area contributed by atoms with Crippen molar-refractivity contribution in [2.45, 2.75) is 13.5 Å². The summed E-state index contributed by atoms with van der Waals surface area (Å²) in [6.07, 6.45) is 0. The van der Waals surface area contributed by atoms with Gasteiger partial charge < -0.3 is 9.64 Å². The number of carbonyl (C=O) groups excluding carboxylic acids is 2. The van der Waals surface area contributed by atoms with Crippen molar-refractivity contribution in [1.29, 1.82) is 0 Å². The first-order chi connectivity index (χ1) is 14.2. The Labute approximate surface area is 176 Å². The van der Waals surface area contributed by atoms with Crippen molar-refractivity contribution in [3.05, 3.63) is 65.0 Å². The van der Waals surface area contributed by atoms with E-state index < -0.39 is 28.4 Å². The quantitative estimate of drug-likeness (QED) is 0.704. The molecule has 3 rings (SSSR count). The molecule has 1 saturated heterocycles. The van der Waals surface area contributed by atoms with E-state index in [0.717, 1.165) is 5.56 Å². The van der Waals surface area contributed by atoms with Crippen LogP contribution in [0.3, 0.4) is 0 Å². The number of halogens is 1. The summed E-state index contributed by atoms with van der Waals surface area (Å²) in [5.74, 6) is -0.768. The predicted octanol–water partition coefficient (Wildman–Crippen LogP) is 4.11. The molecule has 0 unspecified atom stereocenters. The second-order valence-corrected chi connectivity index (χ2v) is 9.63. The first kappa shape index (κ1) is 22.1. The zero-order chi connectivity index (χ0) is 21.9. The molecule has 2 N–H and O–H groups in total. The van der Waals surface area contributed by atoms with E-state index in [-0.39, 0.29) is 36.8 Å². The van der Waals surface area contributed by atoms with Crippen LogP contribution in [0.2, 0.25) is 0 Å². The minimum absolute atomic E-state index is 0.0903. The number of carbonyl (C=O) groups is 2. The van der Waals surface area contributed by atoms with Gasteiger partial charge >= 0.3 is 12.0 Å². The summed E-state index contributed by atoms with van der Waals surface area (Å²) in [6.45, 7) is 2.23.